The normalized spacial score (nSPS) is 20.4. The molecule has 3 heterocycles. The highest BCUT2D eigenvalue weighted by Gasteiger charge is 2.33. The van der Waals surface area contributed by atoms with E-state index in [1.807, 2.05) is 0 Å². The van der Waals surface area contributed by atoms with Crippen molar-refractivity contribution in [3.8, 4) is 10.4 Å². The van der Waals surface area contributed by atoms with E-state index in [9.17, 15) is 4.79 Å². The fourth-order valence-corrected chi connectivity index (χ4v) is 6.01. The fourth-order valence-electron chi connectivity index (χ4n) is 5.28. The zero-order valence-electron chi connectivity index (χ0n) is 18.7. The number of nitrogens with zero attached hydrogens (tertiary/aromatic N) is 2. The number of amides is 1. The molecule has 2 aliphatic rings. The lowest BCUT2D eigenvalue weighted by Crippen LogP contribution is -2.52. The Labute approximate surface area is 195 Å². The van der Waals surface area contributed by atoms with E-state index >= 15 is 0 Å². The highest BCUT2D eigenvalue weighted by molar-refractivity contribution is 7.13. The van der Waals surface area contributed by atoms with Gasteiger partial charge in [0.2, 0.25) is 5.91 Å². The van der Waals surface area contributed by atoms with Gasteiger partial charge in [-0.15, -0.1) is 11.3 Å². The third-order valence-corrected chi connectivity index (χ3v) is 8.04. The third kappa shape index (κ3) is 4.82. The van der Waals surface area contributed by atoms with Crippen molar-refractivity contribution in [2.75, 3.05) is 19.6 Å². The smallest absolute Gasteiger partial charge is 0.239 e. The number of thiophene rings is 1. The summed E-state index contributed by atoms with van der Waals surface area (Å²) in [6, 6.07) is 24.0. The van der Waals surface area contributed by atoms with E-state index in [1.54, 1.807) is 11.3 Å². The van der Waals surface area contributed by atoms with E-state index in [0.717, 1.165) is 51.9 Å². The van der Waals surface area contributed by atoms with E-state index in [4.69, 9.17) is 0 Å². The van der Waals surface area contributed by atoms with Crippen molar-refractivity contribution >= 4 is 17.2 Å². The topological polar surface area (TPSA) is 23.6 Å². The summed E-state index contributed by atoms with van der Waals surface area (Å²) in [5.74, 6) is 0.941. The Bertz CT molecular complexity index is 992. The largest absolute Gasteiger partial charge is 0.341 e. The first-order chi connectivity index (χ1) is 15.8. The Hall–Kier alpha value is -2.43. The van der Waals surface area contributed by atoms with Crippen LogP contribution in [0.3, 0.4) is 0 Å². The van der Waals surface area contributed by atoms with Crippen LogP contribution in [0.2, 0.25) is 0 Å². The van der Waals surface area contributed by atoms with Gasteiger partial charge in [0.25, 0.3) is 0 Å². The van der Waals surface area contributed by atoms with Crippen LogP contribution < -0.4 is 0 Å². The maximum Gasteiger partial charge on any atom is 0.239 e. The van der Waals surface area contributed by atoms with Gasteiger partial charge in [0.15, 0.2) is 0 Å². The minimum Gasteiger partial charge on any atom is -0.341 e. The molecule has 4 heteroatoms. The summed E-state index contributed by atoms with van der Waals surface area (Å²) in [5, 5.41) is 2.12. The van der Waals surface area contributed by atoms with Crippen molar-refractivity contribution in [2.24, 2.45) is 0 Å². The molecule has 5 rings (SSSR count). The summed E-state index contributed by atoms with van der Waals surface area (Å²) < 4.78 is 0. The monoisotopic (exact) mass is 444 g/mol. The van der Waals surface area contributed by atoms with Crippen molar-refractivity contribution in [1.82, 2.24) is 9.80 Å². The minimum absolute atomic E-state index is 0.0361. The molecule has 1 unspecified atom stereocenters. The Balaban J connectivity index is 1.21. The standard InChI is InChI=1S/C28H32N2OS/c31-28(29-18-15-24(16-19-29)23-7-2-1-3-8-23)26-9-4-5-17-30(26)21-22-11-13-25(14-12-22)27-10-6-20-32-27/h1-3,6-8,10-14,20,24,26H,4-5,9,15-19,21H2. The maximum atomic E-state index is 13.5. The first-order valence-corrected chi connectivity index (χ1v) is 12.9. The Morgan fingerprint density at radius 3 is 2.34 bits per heavy atom. The molecule has 166 valence electrons. The van der Waals surface area contributed by atoms with Gasteiger partial charge >= 0.3 is 0 Å². The highest BCUT2D eigenvalue weighted by Crippen LogP contribution is 2.30. The van der Waals surface area contributed by atoms with Crippen molar-refractivity contribution in [1.29, 1.82) is 0 Å². The van der Waals surface area contributed by atoms with Gasteiger partial charge in [0, 0.05) is 24.5 Å². The summed E-state index contributed by atoms with van der Waals surface area (Å²) in [4.78, 5) is 19.4. The molecule has 0 spiro atoms. The van der Waals surface area contributed by atoms with Gasteiger partial charge in [-0.05, 0) is 66.3 Å². The summed E-state index contributed by atoms with van der Waals surface area (Å²) in [6.45, 7) is 3.65. The SMILES string of the molecule is O=C(C1CCCCN1Cc1ccc(-c2cccs2)cc1)N1CCC(c2ccccc2)CC1. The second kappa shape index (κ2) is 10.0. The summed E-state index contributed by atoms with van der Waals surface area (Å²) >= 11 is 1.78. The number of likely N-dealkylation sites (tertiary alicyclic amines) is 2. The zero-order chi connectivity index (χ0) is 21.8. The maximum absolute atomic E-state index is 13.5. The molecule has 0 bridgehead atoms. The average Bonchev–Trinajstić information content (AvgIpc) is 3.40. The second-order valence-electron chi connectivity index (χ2n) is 9.17. The molecule has 2 aromatic carbocycles. The molecule has 0 N–H and O–H groups in total. The number of rotatable bonds is 5. The molecular weight excluding hydrogens is 412 g/mol. The van der Waals surface area contributed by atoms with E-state index in [-0.39, 0.29) is 6.04 Å². The van der Waals surface area contributed by atoms with Gasteiger partial charge in [0.05, 0.1) is 6.04 Å². The lowest BCUT2D eigenvalue weighted by atomic mass is 9.89. The van der Waals surface area contributed by atoms with Crippen LogP contribution in [0.1, 0.15) is 49.1 Å². The van der Waals surface area contributed by atoms with Crippen LogP contribution in [0, 0.1) is 0 Å². The van der Waals surface area contributed by atoms with Gasteiger partial charge in [-0.3, -0.25) is 9.69 Å². The van der Waals surface area contributed by atoms with Crippen LogP contribution in [-0.4, -0.2) is 41.4 Å². The van der Waals surface area contributed by atoms with Crippen molar-refractivity contribution in [2.45, 2.75) is 50.6 Å². The van der Waals surface area contributed by atoms with Crippen LogP contribution in [0.4, 0.5) is 0 Å². The lowest BCUT2D eigenvalue weighted by Gasteiger charge is -2.40. The molecule has 1 aromatic heterocycles. The summed E-state index contributed by atoms with van der Waals surface area (Å²) in [6.07, 6.45) is 5.49. The molecule has 32 heavy (non-hydrogen) atoms. The Morgan fingerprint density at radius 2 is 1.62 bits per heavy atom. The van der Waals surface area contributed by atoms with Crippen LogP contribution >= 0.6 is 11.3 Å². The Morgan fingerprint density at radius 1 is 0.844 bits per heavy atom. The number of carbonyl (C=O) groups excluding carboxylic acids is 1. The molecule has 1 amide bonds. The van der Waals surface area contributed by atoms with E-state index in [1.165, 1.54) is 28.0 Å². The van der Waals surface area contributed by atoms with E-state index in [0.29, 0.717) is 11.8 Å². The highest BCUT2D eigenvalue weighted by atomic mass is 32.1. The van der Waals surface area contributed by atoms with Gasteiger partial charge in [0.1, 0.15) is 0 Å². The molecule has 0 aliphatic carbocycles. The minimum atomic E-state index is 0.0361. The summed E-state index contributed by atoms with van der Waals surface area (Å²) in [7, 11) is 0. The molecule has 3 aromatic rings. The van der Waals surface area contributed by atoms with E-state index in [2.05, 4.69) is 81.9 Å². The van der Waals surface area contributed by atoms with Crippen molar-refractivity contribution in [3.05, 3.63) is 83.2 Å². The molecule has 2 saturated heterocycles. The van der Waals surface area contributed by atoms with Gasteiger partial charge in [-0.1, -0.05) is 67.1 Å². The number of carbonyl (C=O) groups is 1. The average molecular weight is 445 g/mol. The van der Waals surface area contributed by atoms with Crippen molar-refractivity contribution in [3.63, 3.8) is 0 Å². The van der Waals surface area contributed by atoms with Crippen LogP contribution in [-0.2, 0) is 11.3 Å². The molecule has 2 fully saturated rings. The van der Waals surface area contributed by atoms with Gasteiger partial charge < -0.3 is 4.90 Å². The van der Waals surface area contributed by atoms with Gasteiger partial charge in [-0.25, -0.2) is 0 Å². The predicted molar refractivity (Wildman–Crippen MR) is 133 cm³/mol. The number of benzene rings is 2. The first kappa shape index (κ1) is 21.4. The molecule has 3 nitrogen and oxygen atoms in total. The summed E-state index contributed by atoms with van der Waals surface area (Å²) in [5.41, 5.74) is 3.99. The van der Waals surface area contributed by atoms with E-state index < -0.39 is 0 Å². The molecule has 0 radical (unpaired) electrons. The molecule has 2 aliphatic heterocycles. The molecule has 0 saturated carbocycles. The molecular formula is C28H32N2OS. The molecule has 1 atom stereocenters. The van der Waals surface area contributed by atoms with Crippen LogP contribution in [0.15, 0.2) is 72.1 Å². The Kier molecular flexibility index (Phi) is 6.70. The quantitative estimate of drug-likeness (QED) is 0.469. The predicted octanol–water partition coefficient (Wildman–Crippen LogP) is 6.18. The number of hydrogen-bond donors (Lipinski definition) is 0. The third-order valence-electron chi connectivity index (χ3n) is 7.12. The lowest BCUT2D eigenvalue weighted by molar-refractivity contribution is -0.139. The van der Waals surface area contributed by atoms with Crippen molar-refractivity contribution < 1.29 is 4.79 Å². The fraction of sp³-hybridized carbons (Fsp3) is 0.393. The zero-order valence-corrected chi connectivity index (χ0v) is 19.5. The number of hydrogen-bond acceptors (Lipinski definition) is 3. The van der Waals surface area contributed by atoms with Crippen LogP contribution in [0.5, 0.6) is 0 Å². The number of piperidine rings is 2. The van der Waals surface area contributed by atoms with Crippen LogP contribution in [0.25, 0.3) is 10.4 Å². The second-order valence-corrected chi connectivity index (χ2v) is 10.1. The van der Waals surface area contributed by atoms with Gasteiger partial charge in [-0.2, -0.15) is 0 Å². The first-order valence-electron chi connectivity index (χ1n) is 12.0.